The molecule has 1 aromatic heterocycles. The van der Waals surface area contributed by atoms with Crippen LogP contribution in [0.5, 0.6) is 0 Å². The fourth-order valence-corrected chi connectivity index (χ4v) is 2.41. The van der Waals surface area contributed by atoms with Crippen LogP contribution in [0.15, 0.2) is 30.6 Å². The monoisotopic (exact) mass is 270 g/mol. The van der Waals surface area contributed by atoms with Gasteiger partial charge in [-0.15, -0.1) is 0 Å². The van der Waals surface area contributed by atoms with E-state index in [1.165, 1.54) is 11.1 Å². The summed E-state index contributed by atoms with van der Waals surface area (Å²) < 4.78 is 1.84. The standard InChI is InChI=1S/C15H18N4O/c1-11-7-18-19(10-11)5-4-17-15(20)12-2-3-13-8-16-9-14(13)6-12/h2-3,6-7,10,16H,4-5,8-9H2,1H3,(H,17,20). The summed E-state index contributed by atoms with van der Waals surface area (Å²) in [5.74, 6) is -0.0245. The second-order valence-corrected chi connectivity index (χ2v) is 5.12. The van der Waals surface area contributed by atoms with E-state index in [0.717, 1.165) is 24.2 Å². The van der Waals surface area contributed by atoms with Crippen molar-refractivity contribution in [3.63, 3.8) is 0 Å². The maximum Gasteiger partial charge on any atom is 0.251 e. The van der Waals surface area contributed by atoms with Gasteiger partial charge in [-0.2, -0.15) is 5.10 Å². The van der Waals surface area contributed by atoms with E-state index in [4.69, 9.17) is 0 Å². The molecule has 3 rings (SSSR count). The SMILES string of the molecule is Cc1cnn(CCNC(=O)c2ccc3c(c2)CNC3)c1. The largest absolute Gasteiger partial charge is 0.350 e. The highest BCUT2D eigenvalue weighted by Gasteiger charge is 2.13. The number of carbonyl (C=O) groups excluding carboxylic acids is 1. The van der Waals surface area contributed by atoms with Gasteiger partial charge in [0, 0.05) is 31.4 Å². The van der Waals surface area contributed by atoms with Gasteiger partial charge in [0.2, 0.25) is 0 Å². The number of amides is 1. The third kappa shape index (κ3) is 2.72. The van der Waals surface area contributed by atoms with E-state index in [1.807, 2.05) is 42.2 Å². The van der Waals surface area contributed by atoms with Crippen LogP contribution in [0.1, 0.15) is 27.0 Å². The van der Waals surface area contributed by atoms with Gasteiger partial charge in [0.25, 0.3) is 5.91 Å². The predicted octanol–water partition coefficient (Wildman–Crippen LogP) is 1.22. The number of benzene rings is 1. The summed E-state index contributed by atoms with van der Waals surface area (Å²) in [5, 5.41) is 10.4. The summed E-state index contributed by atoms with van der Waals surface area (Å²) in [6.45, 7) is 5.01. The van der Waals surface area contributed by atoms with Gasteiger partial charge in [0.15, 0.2) is 0 Å². The van der Waals surface area contributed by atoms with Crippen LogP contribution in [0.25, 0.3) is 0 Å². The highest BCUT2D eigenvalue weighted by Crippen LogP contribution is 2.16. The molecule has 0 bridgehead atoms. The zero-order valence-electron chi connectivity index (χ0n) is 11.5. The molecule has 0 aliphatic carbocycles. The van der Waals surface area contributed by atoms with Gasteiger partial charge in [-0.25, -0.2) is 0 Å². The van der Waals surface area contributed by atoms with Crippen LogP contribution in [-0.4, -0.2) is 22.2 Å². The van der Waals surface area contributed by atoms with E-state index >= 15 is 0 Å². The first-order valence-electron chi connectivity index (χ1n) is 6.82. The van der Waals surface area contributed by atoms with Crippen LogP contribution < -0.4 is 10.6 Å². The number of aromatic nitrogens is 2. The molecule has 0 saturated carbocycles. The van der Waals surface area contributed by atoms with Crippen molar-refractivity contribution in [1.82, 2.24) is 20.4 Å². The first-order valence-corrected chi connectivity index (χ1v) is 6.82. The van der Waals surface area contributed by atoms with Crippen molar-refractivity contribution in [2.75, 3.05) is 6.54 Å². The molecular formula is C15H18N4O. The van der Waals surface area contributed by atoms with Gasteiger partial charge in [0.05, 0.1) is 12.7 Å². The second-order valence-electron chi connectivity index (χ2n) is 5.12. The van der Waals surface area contributed by atoms with Gasteiger partial charge < -0.3 is 10.6 Å². The molecule has 1 aliphatic heterocycles. The Morgan fingerprint density at radius 1 is 1.40 bits per heavy atom. The summed E-state index contributed by atoms with van der Waals surface area (Å²) in [5.41, 5.74) is 4.36. The minimum absolute atomic E-state index is 0.0245. The molecule has 1 aliphatic rings. The van der Waals surface area contributed by atoms with Crippen LogP contribution in [0.4, 0.5) is 0 Å². The average Bonchev–Trinajstić information content (AvgIpc) is 3.06. The van der Waals surface area contributed by atoms with E-state index in [-0.39, 0.29) is 5.91 Å². The van der Waals surface area contributed by atoms with Gasteiger partial charge in [0.1, 0.15) is 0 Å². The van der Waals surface area contributed by atoms with Crippen LogP contribution in [0.2, 0.25) is 0 Å². The molecule has 0 radical (unpaired) electrons. The molecule has 0 atom stereocenters. The second kappa shape index (κ2) is 5.46. The Labute approximate surface area is 118 Å². The molecule has 2 aromatic rings. The van der Waals surface area contributed by atoms with Crippen molar-refractivity contribution in [3.05, 3.63) is 52.8 Å². The molecule has 2 N–H and O–H groups in total. The lowest BCUT2D eigenvalue weighted by Gasteiger charge is -2.07. The zero-order chi connectivity index (χ0) is 13.9. The number of hydrogen-bond acceptors (Lipinski definition) is 3. The average molecular weight is 270 g/mol. The van der Waals surface area contributed by atoms with Gasteiger partial charge in [-0.3, -0.25) is 9.48 Å². The van der Waals surface area contributed by atoms with E-state index in [2.05, 4.69) is 15.7 Å². The number of aryl methyl sites for hydroxylation is 1. The molecule has 5 nitrogen and oxygen atoms in total. The Morgan fingerprint density at radius 2 is 2.25 bits per heavy atom. The molecule has 5 heteroatoms. The zero-order valence-corrected chi connectivity index (χ0v) is 11.5. The summed E-state index contributed by atoms with van der Waals surface area (Å²) >= 11 is 0. The van der Waals surface area contributed by atoms with Crippen LogP contribution in [-0.2, 0) is 19.6 Å². The highest BCUT2D eigenvalue weighted by molar-refractivity contribution is 5.94. The summed E-state index contributed by atoms with van der Waals surface area (Å²) in [7, 11) is 0. The molecule has 0 fully saturated rings. The van der Waals surface area contributed by atoms with Gasteiger partial charge in [-0.05, 0) is 35.7 Å². The van der Waals surface area contributed by atoms with Crippen LogP contribution in [0, 0.1) is 6.92 Å². The minimum atomic E-state index is -0.0245. The molecule has 0 spiro atoms. The molecule has 0 saturated heterocycles. The highest BCUT2D eigenvalue weighted by atomic mass is 16.1. The smallest absolute Gasteiger partial charge is 0.251 e. The van der Waals surface area contributed by atoms with Crippen molar-refractivity contribution >= 4 is 5.91 Å². The lowest BCUT2D eigenvalue weighted by atomic mass is 10.1. The fraction of sp³-hybridized carbons (Fsp3) is 0.333. The van der Waals surface area contributed by atoms with Gasteiger partial charge in [-0.1, -0.05) is 6.07 Å². The number of hydrogen-bond donors (Lipinski definition) is 2. The first-order chi connectivity index (χ1) is 9.72. The quantitative estimate of drug-likeness (QED) is 0.878. The summed E-state index contributed by atoms with van der Waals surface area (Å²) in [6.07, 6.45) is 3.78. The normalized spacial score (nSPS) is 13.2. The number of nitrogens with one attached hydrogen (secondary N) is 2. The number of nitrogens with zero attached hydrogens (tertiary/aromatic N) is 2. The van der Waals surface area contributed by atoms with E-state index in [1.54, 1.807) is 0 Å². The molecule has 1 amide bonds. The van der Waals surface area contributed by atoms with Crippen molar-refractivity contribution in [2.24, 2.45) is 0 Å². The van der Waals surface area contributed by atoms with E-state index < -0.39 is 0 Å². The van der Waals surface area contributed by atoms with E-state index in [0.29, 0.717) is 13.1 Å². The van der Waals surface area contributed by atoms with Crippen molar-refractivity contribution in [3.8, 4) is 0 Å². The number of rotatable bonds is 4. The predicted molar refractivity (Wildman–Crippen MR) is 76.3 cm³/mol. The number of carbonyl (C=O) groups is 1. The topological polar surface area (TPSA) is 59.0 Å². The molecule has 1 aromatic carbocycles. The Morgan fingerprint density at radius 3 is 3.05 bits per heavy atom. The summed E-state index contributed by atoms with van der Waals surface area (Å²) in [6, 6.07) is 5.89. The van der Waals surface area contributed by atoms with Gasteiger partial charge >= 0.3 is 0 Å². The Kier molecular flexibility index (Phi) is 3.52. The fourth-order valence-electron chi connectivity index (χ4n) is 2.41. The lowest BCUT2D eigenvalue weighted by molar-refractivity contribution is 0.0952. The third-order valence-corrected chi connectivity index (χ3v) is 3.49. The molecule has 20 heavy (non-hydrogen) atoms. The summed E-state index contributed by atoms with van der Waals surface area (Å²) in [4.78, 5) is 12.1. The first kappa shape index (κ1) is 12.9. The Balaban J connectivity index is 1.56. The molecule has 2 heterocycles. The Hall–Kier alpha value is -2.14. The number of fused-ring (bicyclic) bond motifs is 1. The molecular weight excluding hydrogens is 252 g/mol. The van der Waals surface area contributed by atoms with E-state index in [9.17, 15) is 4.79 Å². The molecule has 104 valence electrons. The minimum Gasteiger partial charge on any atom is -0.350 e. The van der Waals surface area contributed by atoms with Crippen LogP contribution in [0.3, 0.4) is 0 Å². The van der Waals surface area contributed by atoms with Crippen molar-refractivity contribution in [2.45, 2.75) is 26.6 Å². The maximum absolute atomic E-state index is 12.1. The molecule has 0 unspecified atom stereocenters. The maximum atomic E-state index is 12.1. The van der Waals surface area contributed by atoms with Crippen molar-refractivity contribution in [1.29, 1.82) is 0 Å². The third-order valence-electron chi connectivity index (χ3n) is 3.49. The Bertz CT molecular complexity index is 633. The lowest BCUT2D eigenvalue weighted by Crippen LogP contribution is -2.27. The van der Waals surface area contributed by atoms with Crippen molar-refractivity contribution < 1.29 is 4.79 Å². The van der Waals surface area contributed by atoms with Crippen LogP contribution >= 0.6 is 0 Å².